The summed E-state index contributed by atoms with van der Waals surface area (Å²) in [6, 6.07) is 14.9. The number of hydrogen-bond donors (Lipinski definition) is 1. The van der Waals surface area contributed by atoms with Crippen molar-refractivity contribution in [1.82, 2.24) is 5.32 Å². The molecule has 0 radical (unpaired) electrons. The first kappa shape index (κ1) is 22.4. The van der Waals surface area contributed by atoms with Crippen molar-refractivity contribution in [2.24, 2.45) is 0 Å². The topological polar surface area (TPSA) is 72.5 Å². The van der Waals surface area contributed by atoms with Gasteiger partial charge in [0.05, 0.1) is 12.3 Å². The van der Waals surface area contributed by atoms with Crippen molar-refractivity contribution < 1.29 is 17.9 Å². The van der Waals surface area contributed by atoms with E-state index in [4.69, 9.17) is 4.74 Å². The second-order valence-corrected chi connectivity index (χ2v) is 10.6. The number of nitrogens with one attached hydrogen (secondary N) is 1. The van der Waals surface area contributed by atoms with Crippen molar-refractivity contribution in [3.8, 4) is 5.75 Å². The van der Waals surface area contributed by atoms with Gasteiger partial charge in [-0.25, -0.2) is 8.42 Å². The van der Waals surface area contributed by atoms with Crippen molar-refractivity contribution in [2.75, 3.05) is 18.9 Å². The fourth-order valence-electron chi connectivity index (χ4n) is 2.59. The van der Waals surface area contributed by atoms with Crippen molar-refractivity contribution in [3.63, 3.8) is 0 Å². The van der Waals surface area contributed by atoms with Crippen LogP contribution in [0.5, 0.6) is 5.75 Å². The van der Waals surface area contributed by atoms with E-state index in [0.29, 0.717) is 11.3 Å². The molecule has 0 saturated carbocycles. The molecule has 7 heteroatoms. The third-order valence-corrected chi connectivity index (χ3v) is 6.01. The highest BCUT2D eigenvalue weighted by atomic mass is 79.9. The van der Waals surface area contributed by atoms with E-state index in [1.807, 2.05) is 30.3 Å². The molecule has 2 rings (SSSR count). The standard InChI is InChI=1S/C21H26BrNO4S/c1-21(2,3)17-7-9-19(10-8-17)27-12-11-23-20(24)15-28(25,26)14-16-5-4-6-18(22)13-16/h4-10,13H,11-12,14-15H2,1-3H3,(H,23,24). The monoisotopic (exact) mass is 467 g/mol. The number of halogens is 1. The molecular weight excluding hydrogens is 442 g/mol. The van der Waals surface area contributed by atoms with Crippen LogP contribution in [0.25, 0.3) is 0 Å². The van der Waals surface area contributed by atoms with Gasteiger partial charge in [0.25, 0.3) is 0 Å². The molecule has 0 spiro atoms. The Balaban J connectivity index is 1.75. The molecule has 0 aliphatic heterocycles. The smallest absolute Gasteiger partial charge is 0.235 e. The quantitative estimate of drug-likeness (QED) is 0.598. The Morgan fingerprint density at radius 3 is 2.39 bits per heavy atom. The molecule has 0 aromatic heterocycles. The average Bonchev–Trinajstić information content (AvgIpc) is 2.57. The van der Waals surface area contributed by atoms with Gasteiger partial charge in [-0.3, -0.25) is 4.79 Å². The molecule has 152 valence electrons. The Labute approximate surface area is 175 Å². The molecule has 0 aliphatic rings. The normalized spacial score (nSPS) is 11.9. The molecule has 2 aromatic rings. The van der Waals surface area contributed by atoms with Gasteiger partial charge in [0.1, 0.15) is 18.1 Å². The van der Waals surface area contributed by atoms with Crippen LogP contribution in [0.3, 0.4) is 0 Å². The molecule has 0 bridgehead atoms. The van der Waals surface area contributed by atoms with E-state index in [9.17, 15) is 13.2 Å². The molecule has 1 amide bonds. The minimum Gasteiger partial charge on any atom is -0.492 e. The van der Waals surface area contributed by atoms with Crippen LogP contribution >= 0.6 is 15.9 Å². The van der Waals surface area contributed by atoms with E-state index in [2.05, 4.69) is 42.0 Å². The van der Waals surface area contributed by atoms with Crippen LogP contribution in [-0.2, 0) is 25.8 Å². The lowest BCUT2D eigenvalue weighted by atomic mass is 9.87. The summed E-state index contributed by atoms with van der Waals surface area (Å²) in [5.41, 5.74) is 1.93. The molecule has 0 heterocycles. The zero-order valence-corrected chi connectivity index (χ0v) is 18.8. The summed E-state index contributed by atoms with van der Waals surface area (Å²) in [4.78, 5) is 11.9. The maximum atomic E-state index is 12.2. The Morgan fingerprint density at radius 1 is 1.11 bits per heavy atom. The summed E-state index contributed by atoms with van der Waals surface area (Å²) in [6.07, 6.45) is 0. The van der Waals surface area contributed by atoms with Crippen molar-refractivity contribution in [3.05, 3.63) is 64.1 Å². The van der Waals surface area contributed by atoms with Gasteiger partial charge >= 0.3 is 0 Å². The lowest BCUT2D eigenvalue weighted by molar-refractivity contribution is -0.118. The second kappa shape index (κ2) is 9.56. The van der Waals surface area contributed by atoms with Crippen LogP contribution in [0.15, 0.2) is 53.0 Å². The number of carbonyl (C=O) groups is 1. The number of ether oxygens (including phenoxy) is 1. The first-order valence-electron chi connectivity index (χ1n) is 9.00. The van der Waals surface area contributed by atoms with E-state index in [-0.39, 0.29) is 24.3 Å². The summed E-state index contributed by atoms with van der Waals surface area (Å²) >= 11 is 3.31. The van der Waals surface area contributed by atoms with Crippen molar-refractivity contribution in [1.29, 1.82) is 0 Å². The van der Waals surface area contributed by atoms with Gasteiger partial charge in [-0.2, -0.15) is 0 Å². The first-order chi connectivity index (χ1) is 13.0. The highest BCUT2D eigenvalue weighted by molar-refractivity contribution is 9.10. The van der Waals surface area contributed by atoms with Crippen LogP contribution in [0, 0.1) is 0 Å². The molecule has 5 nitrogen and oxygen atoms in total. The number of sulfone groups is 1. The predicted molar refractivity (Wildman–Crippen MR) is 115 cm³/mol. The molecule has 0 fully saturated rings. The summed E-state index contributed by atoms with van der Waals surface area (Å²) in [7, 11) is -3.53. The lowest BCUT2D eigenvalue weighted by Gasteiger charge is -2.19. The summed E-state index contributed by atoms with van der Waals surface area (Å²) < 4.78 is 30.8. The fraction of sp³-hybridized carbons (Fsp3) is 0.381. The van der Waals surface area contributed by atoms with E-state index in [1.165, 1.54) is 5.56 Å². The van der Waals surface area contributed by atoms with Crippen LogP contribution in [0.4, 0.5) is 0 Å². The molecule has 1 N–H and O–H groups in total. The molecule has 0 atom stereocenters. The number of rotatable bonds is 8. The van der Waals surface area contributed by atoms with E-state index in [0.717, 1.165) is 4.47 Å². The van der Waals surface area contributed by atoms with Gasteiger partial charge in [0.2, 0.25) is 5.91 Å². The van der Waals surface area contributed by atoms with Crippen LogP contribution in [-0.4, -0.2) is 33.2 Å². The van der Waals surface area contributed by atoms with Gasteiger partial charge < -0.3 is 10.1 Å². The summed E-state index contributed by atoms with van der Waals surface area (Å²) in [6.45, 7) is 6.94. The van der Waals surface area contributed by atoms with E-state index < -0.39 is 21.5 Å². The number of benzene rings is 2. The number of hydrogen-bond acceptors (Lipinski definition) is 4. The minimum atomic E-state index is -3.53. The predicted octanol–water partition coefficient (Wildman–Crippen LogP) is 3.86. The Kier molecular flexibility index (Phi) is 7.66. The third kappa shape index (κ3) is 7.64. The molecule has 28 heavy (non-hydrogen) atoms. The average molecular weight is 468 g/mol. The van der Waals surface area contributed by atoms with Crippen LogP contribution in [0.1, 0.15) is 31.9 Å². The van der Waals surface area contributed by atoms with E-state index in [1.54, 1.807) is 18.2 Å². The molecule has 2 aromatic carbocycles. The maximum Gasteiger partial charge on any atom is 0.235 e. The van der Waals surface area contributed by atoms with Crippen molar-refractivity contribution in [2.45, 2.75) is 31.9 Å². The van der Waals surface area contributed by atoms with Gasteiger partial charge in [-0.15, -0.1) is 0 Å². The van der Waals surface area contributed by atoms with Gasteiger partial charge in [-0.1, -0.05) is 61.0 Å². The third-order valence-electron chi connectivity index (χ3n) is 4.04. The Hall–Kier alpha value is -1.86. The minimum absolute atomic E-state index is 0.0772. The Morgan fingerprint density at radius 2 is 1.79 bits per heavy atom. The second-order valence-electron chi connectivity index (χ2n) is 7.63. The molecule has 0 aliphatic carbocycles. The fourth-order valence-corrected chi connectivity index (χ4v) is 4.33. The largest absolute Gasteiger partial charge is 0.492 e. The molecular formula is C21H26BrNO4S. The maximum absolute atomic E-state index is 12.2. The highest BCUT2D eigenvalue weighted by Crippen LogP contribution is 2.24. The van der Waals surface area contributed by atoms with Gasteiger partial charge in [0, 0.05) is 4.47 Å². The van der Waals surface area contributed by atoms with E-state index >= 15 is 0 Å². The first-order valence-corrected chi connectivity index (χ1v) is 11.6. The molecule has 0 saturated heterocycles. The van der Waals surface area contributed by atoms with Gasteiger partial charge in [-0.05, 0) is 40.8 Å². The lowest BCUT2D eigenvalue weighted by Crippen LogP contribution is -2.33. The highest BCUT2D eigenvalue weighted by Gasteiger charge is 2.17. The van der Waals surface area contributed by atoms with Crippen molar-refractivity contribution >= 4 is 31.7 Å². The summed E-state index contributed by atoms with van der Waals surface area (Å²) in [5.74, 6) is -0.526. The molecule has 0 unspecified atom stereocenters. The number of amides is 1. The van der Waals surface area contributed by atoms with Crippen LogP contribution in [0.2, 0.25) is 0 Å². The zero-order valence-electron chi connectivity index (χ0n) is 16.4. The zero-order chi connectivity index (χ0) is 20.8. The summed E-state index contributed by atoms with van der Waals surface area (Å²) in [5, 5.41) is 2.59. The van der Waals surface area contributed by atoms with Gasteiger partial charge in [0.15, 0.2) is 9.84 Å². The number of carbonyl (C=O) groups excluding carboxylic acids is 1. The SMILES string of the molecule is CC(C)(C)c1ccc(OCCNC(=O)CS(=O)(=O)Cc2cccc(Br)c2)cc1. The Bertz CT molecular complexity index is 903. The van der Waals surface area contributed by atoms with Crippen LogP contribution < -0.4 is 10.1 Å².